The predicted octanol–water partition coefficient (Wildman–Crippen LogP) is 3.92. The molecule has 2 aromatic rings. The number of nitrogens with one attached hydrogen (secondary N) is 1. The highest BCUT2D eigenvalue weighted by atomic mass is 19.4. The zero-order chi connectivity index (χ0) is 25.0. The molecular formula is C24H25F3N4O4. The number of halogens is 3. The lowest BCUT2D eigenvalue weighted by Crippen LogP contribution is -2.37. The van der Waals surface area contributed by atoms with Gasteiger partial charge in [-0.05, 0) is 49.4 Å². The number of nitrogens with zero attached hydrogens (tertiary/aromatic N) is 3. The molecule has 1 fully saturated rings. The summed E-state index contributed by atoms with van der Waals surface area (Å²) in [6.45, 7) is 3.86. The minimum absolute atomic E-state index is 0.00594. The predicted molar refractivity (Wildman–Crippen MR) is 125 cm³/mol. The number of hydrogen-bond acceptors (Lipinski definition) is 7. The first-order valence-electron chi connectivity index (χ1n) is 11.1. The molecule has 0 saturated carbocycles. The van der Waals surface area contributed by atoms with Crippen LogP contribution < -0.4 is 15.2 Å². The van der Waals surface area contributed by atoms with Crippen molar-refractivity contribution in [3.63, 3.8) is 0 Å². The van der Waals surface area contributed by atoms with E-state index in [1.165, 1.54) is 6.07 Å². The molecule has 0 bridgehead atoms. The average Bonchev–Trinajstić information content (AvgIpc) is 3.29. The van der Waals surface area contributed by atoms with Crippen LogP contribution in [-0.4, -0.2) is 57.0 Å². The highest BCUT2D eigenvalue weighted by molar-refractivity contribution is 5.98. The summed E-state index contributed by atoms with van der Waals surface area (Å²) in [6.07, 6.45) is -3.70. The maximum absolute atomic E-state index is 13.2. The van der Waals surface area contributed by atoms with E-state index in [1.54, 1.807) is 24.3 Å². The van der Waals surface area contributed by atoms with Gasteiger partial charge < -0.3 is 19.7 Å². The van der Waals surface area contributed by atoms with E-state index in [1.807, 2.05) is 16.8 Å². The molecule has 0 aromatic heterocycles. The molecule has 2 aromatic carbocycles. The molecule has 0 radical (unpaired) electrons. The van der Waals surface area contributed by atoms with Gasteiger partial charge in [0.05, 0.1) is 41.4 Å². The Morgan fingerprint density at radius 2 is 1.80 bits per heavy atom. The van der Waals surface area contributed by atoms with E-state index in [4.69, 9.17) is 9.47 Å². The van der Waals surface area contributed by atoms with Crippen LogP contribution in [0.4, 0.5) is 30.2 Å². The highest BCUT2D eigenvalue weighted by Crippen LogP contribution is 2.35. The minimum atomic E-state index is -4.57. The summed E-state index contributed by atoms with van der Waals surface area (Å²) in [5, 5.41) is 8.68. The molecule has 35 heavy (non-hydrogen) atoms. The second-order valence-electron chi connectivity index (χ2n) is 8.21. The molecule has 1 saturated heterocycles. The van der Waals surface area contributed by atoms with Crippen LogP contribution in [0.15, 0.2) is 47.6 Å². The fraction of sp³-hybridized carbons (Fsp3) is 0.375. The highest BCUT2D eigenvalue weighted by Gasteiger charge is 2.32. The first-order valence-corrected chi connectivity index (χ1v) is 11.1. The maximum atomic E-state index is 13.2. The van der Waals surface area contributed by atoms with E-state index in [2.05, 4.69) is 10.4 Å². The van der Waals surface area contributed by atoms with Gasteiger partial charge in [-0.25, -0.2) is 4.79 Å². The van der Waals surface area contributed by atoms with Gasteiger partial charge in [0.1, 0.15) is 0 Å². The lowest BCUT2D eigenvalue weighted by atomic mass is 10.1. The monoisotopic (exact) mass is 490 g/mol. The standard InChI is InChI=1S/C24H25F3N4O4/c1-16-8-9-31(29-16)19-5-2-17(3-6-19)23(33)35-15-22(32)28-20-14-18(24(25,26)27)4-7-21(20)30-10-12-34-13-11-30/h2-7,14H,8-13,15H2,1H3,(H,28,32). The molecule has 186 valence electrons. The number of ether oxygens (including phenoxy) is 2. The van der Waals surface area contributed by atoms with Crippen molar-refractivity contribution in [2.24, 2.45) is 5.10 Å². The van der Waals surface area contributed by atoms with Crippen LogP contribution in [0.5, 0.6) is 0 Å². The van der Waals surface area contributed by atoms with E-state index < -0.39 is 30.2 Å². The van der Waals surface area contributed by atoms with Crippen molar-refractivity contribution in [3.8, 4) is 0 Å². The van der Waals surface area contributed by atoms with Crippen molar-refractivity contribution < 1.29 is 32.2 Å². The van der Waals surface area contributed by atoms with Gasteiger partial charge in [-0.2, -0.15) is 18.3 Å². The van der Waals surface area contributed by atoms with Crippen LogP contribution in [0.2, 0.25) is 0 Å². The molecule has 8 nitrogen and oxygen atoms in total. The molecular weight excluding hydrogens is 465 g/mol. The zero-order valence-corrected chi connectivity index (χ0v) is 19.1. The van der Waals surface area contributed by atoms with Crippen LogP contribution in [-0.2, 0) is 20.4 Å². The average molecular weight is 490 g/mol. The summed E-state index contributed by atoms with van der Waals surface area (Å²) in [4.78, 5) is 26.7. The zero-order valence-electron chi connectivity index (χ0n) is 19.1. The molecule has 1 N–H and O–H groups in total. The van der Waals surface area contributed by atoms with E-state index in [0.717, 1.165) is 36.5 Å². The summed E-state index contributed by atoms with van der Waals surface area (Å²) in [7, 11) is 0. The van der Waals surface area contributed by atoms with Crippen LogP contribution in [0, 0.1) is 0 Å². The normalized spacial score (nSPS) is 16.2. The van der Waals surface area contributed by atoms with Crippen LogP contribution in [0.1, 0.15) is 29.3 Å². The number of esters is 1. The van der Waals surface area contributed by atoms with Gasteiger partial charge in [0.15, 0.2) is 6.61 Å². The van der Waals surface area contributed by atoms with Crippen molar-refractivity contribution in [1.29, 1.82) is 0 Å². The maximum Gasteiger partial charge on any atom is 0.416 e. The molecule has 0 atom stereocenters. The van der Waals surface area contributed by atoms with Gasteiger partial charge in [-0.1, -0.05) is 0 Å². The number of rotatable bonds is 6. The number of carbonyl (C=O) groups excluding carboxylic acids is 2. The smallest absolute Gasteiger partial charge is 0.416 e. The molecule has 0 spiro atoms. The number of hydrazone groups is 1. The molecule has 4 rings (SSSR count). The molecule has 0 aliphatic carbocycles. The molecule has 2 aliphatic heterocycles. The number of alkyl halides is 3. The summed E-state index contributed by atoms with van der Waals surface area (Å²) >= 11 is 0. The minimum Gasteiger partial charge on any atom is -0.452 e. The number of amides is 1. The lowest BCUT2D eigenvalue weighted by Gasteiger charge is -2.31. The van der Waals surface area contributed by atoms with Gasteiger partial charge in [0, 0.05) is 31.8 Å². The van der Waals surface area contributed by atoms with Gasteiger partial charge >= 0.3 is 12.1 Å². The molecule has 11 heteroatoms. The third-order valence-electron chi connectivity index (χ3n) is 5.66. The number of anilines is 3. The fourth-order valence-corrected chi connectivity index (χ4v) is 3.82. The molecule has 0 unspecified atom stereocenters. The Kier molecular flexibility index (Phi) is 7.25. The summed E-state index contributed by atoms with van der Waals surface area (Å²) < 4.78 is 50.1. The van der Waals surface area contributed by atoms with Gasteiger partial charge in [0.25, 0.3) is 5.91 Å². The Hall–Kier alpha value is -3.60. The van der Waals surface area contributed by atoms with E-state index in [-0.39, 0.29) is 11.3 Å². The van der Waals surface area contributed by atoms with E-state index in [0.29, 0.717) is 32.0 Å². The third-order valence-corrected chi connectivity index (χ3v) is 5.66. The number of carbonyl (C=O) groups is 2. The Labute approximate surface area is 200 Å². The Morgan fingerprint density at radius 1 is 1.09 bits per heavy atom. The van der Waals surface area contributed by atoms with Gasteiger partial charge in [-0.15, -0.1) is 0 Å². The van der Waals surface area contributed by atoms with Crippen molar-refractivity contribution in [3.05, 3.63) is 53.6 Å². The summed E-state index contributed by atoms with van der Waals surface area (Å²) in [6, 6.07) is 9.78. The number of hydrogen-bond donors (Lipinski definition) is 1. The quantitative estimate of drug-likeness (QED) is 0.618. The van der Waals surface area contributed by atoms with Crippen LogP contribution in [0.3, 0.4) is 0 Å². The first kappa shape index (κ1) is 24.5. The second kappa shape index (κ2) is 10.3. The van der Waals surface area contributed by atoms with Gasteiger partial charge in [0.2, 0.25) is 0 Å². The Balaban J connectivity index is 1.40. The molecule has 2 aliphatic rings. The Bertz CT molecular complexity index is 1110. The van der Waals surface area contributed by atoms with Crippen molar-refractivity contribution in [2.75, 3.05) is 54.7 Å². The Morgan fingerprint density at radius 3 is 2.43 bits per heavy atom. The van der Waals surface area contributed by atoms with Crippen LogP contribution in [0.25, 0.3) is 0 Å². The number of benzene rings is 2. The molecule has 1 amide bonds. The lowest BCUT2D eigenvalue weighted by molar-refractivity contribution is -0.137. The van der Waals surface area contributed by atoms with Gasteiger partial charge in [-0.3, -0.25) is 9.80 Å². The molecule has 2 heterocycles. The topological polar surface area (TPSA) is 83.5 Å². The second-order valence-corrected chi connectivity index (χ2v) is 8.21. The fourth-order valence-electron chi connectivity index (χ4n) is 3.82. The summed E-state index contributed by atoms with van der Waals surface area (Å²) in [5.74, 6) is -1.46. The van der Waals surface area contributed by atoms with Crippen LogP contribution >= 0.6 is 0 Å². The van der Waals surface area contributed by atoms with Crippen molar-refractivity contribution in [2.45, 2.75) is 19.5 Å². The van der Waals surface area contributed by atoms with Crippen molar-refractivity contribution in [1.82, 2.24) is 0 Å². The number of morpholine rings is 1. The van der Waals surface area contributed by atoms with E-state index >= 15 is 0 Å². The third kappa shape index (κ3) is 6.10. The first-order chi connectivity index (χ1) is 16.7. The largest absolute Gasteiger partial charge is 0.452 e. The van der Waals surface area contributed by atoms with E-state index in [9.17, 15) is 22.8 Å². The SMILES string of the molecule is CC1=NN(c2ccc(C(=O)OCC(=O)Nc3cc(C(F)(F)F)ccc3N3CCOCC3)cc2)CC1. The summed E-state index contributed by atoms with van der Waals surface area (Å²) in [5.41, 5.74) is 1.65. The van der Waals surface area contributed by atoms with Crippen molar-refractivity contribution >= 4 is 34.7 Å².